The lowest BCUT2D eigenvalue weighted by Gasteiger charge is -2.20. The Bertz CT molecular complexity index is 1250. The fourth-order valence-corrected chi connectivity index (χ4v) is 6.69. The molecule has 2 aromatic carbocycles. The second kappa shape index (κ2) is 16.6. The maximum atomic E-state index is 4.29. The summed E-state index contributed by atoms with van der Waals surface area (Å²) >= 11 is 0. The molecule has 0 atom stereocenters. The van der Waals surface area contributed by atoms with Crippen LogP contribution in [0.15, 0.2) is 73.0 Å². The van der Waals surface area contributed by atoms with Gasteiger partial charge in [-0.2, -0.15) is 0 Å². The van der Waals surface area contributed by atoms with Crippen LogP contribution < -0.4 is 0 Å². The summed E-state index contributed by atoms with van der Waals surface area (Å²) in [7, 11) is 0. The van der Waals surface area contributed by atoms with E-state index in [1.165, 1.54) is 60.0 Å². The van der Waals surface area contributed by atoms with E-state index in [0.717, 1.165) is 24.3 Å². The summed E-state index contributed by atoms with van der Waals surface area (Å²) in [6.07, 6.45) is 9.54. The Hall–Kier alpha value is -2.63. The highest BCUT2D eigenvalue weighted by molar-refractivity contribution is 5.42. The van der Waals surface area contributed by atoms with E-state index in [0.29, 0.717) is 10.8 Å². The van der Waals surface area contributed by atoms with E-state index in [9.17, 15) is 0 Å². The predicted octanol–water partition coefficient (Wildman–Crippen LogP) is 12.1. The van der Waals surface area contributed by atoms with Gasteiger partial charge in [-0.15, -0.1) is 5.73 Å². The average Bonchev–Trinajstić information content (AvgIpc) is 3.88. The molecule has 244 valence electrons. The second-order valence-corrected chi connectivity index (χ2v) is 14.4. The lowest BCUT2D eigenvalue weighted by atomic mass is 9.88. The Balaban J connectivity index is 0.000000328. The third-order valence-corrected chi connectivity index (χ3v) is 9.83. The van der Waals surface area contributed by atoms with E-state index >= 15 is 0 Å². The van der Waals surface area contributed by atoms with Crippen LogP contribution in [0.4, 0.5) is 0 Å². The zero-order valence-electron chi connectivity index (χ0n) is 31.2. The van der Waals surface area contributed by atoms with Crippen molar-refractivity contribution in [2.75, 3.05) is 13.1 Å². The topological polar surface area (TPSA) is 3.01 Å². The monoisotopic (exact) mass is 599 g/mol. The van der Waals surface area contributed by atoms with Crippen molar-refractivity contribution in [3.8, 4) is 0 Å². The third-order valence-electron chi connectivity index (χ3n) is 9.83. The average molecular weight is 599 g/mol. The molecule has 1 heteroatoms. The second-order valence-electron chi connectivity index (χ2n) is 14.4. The molecule has 44 heavy (non-hydrogen) atoms. The standard InChI is InChI=1S/C18H28N.C10H14.C8H10.C3H4.2C2H6/c1-13(18-9-16(18,4)10-18)6-15(2,3)11-19(5)12-17-7-14(17)8-17;1-4-10-6-5-8(2)9(3)7-10;1-7-4-3-5-8(2)6-7;1-3-2;2*1-2/h6,14H,5,7-12H2,1-4H3;5-7H,4H2,1-3H3;3-6H,1-2H3;1-2H2;2*1-2H3/q+1;;;;;/b13-6+;;;;;. The smallest absolute Gasteiger partial charge is 0.150 e. The zero-order chi connectivity index (χ0) is 33.9. The Kier molecular flexibility index (Phi) is 14.9. The zero-order valence-corrected chi connectivity index (χ0v) is 31.2. The van der Waals surface area contributed by atoms with E-state index in [1.807, 2.05) is 27.7 Å². The van der Waals surface area contributed by atoms with Crippen LogP contribution in [-0.2, 0) is 6.42 Å². The molecular weight excluding hydrogens is 530 g/mol. The molecule has 0 amide bonds. The largest absolute Gasteiger partial charge is 0.241 e. The first-order valence-electron chi connectivity index (χ1n) is 17.3. The number of fused-ring (bicyclic) bond motifs is 2. The van der Waals surface area contributed by atoms with Crippen LogP contribution in [0, 0.1) is 55.3 Å². The van der Waals surface area contributed by atoms with Crippen molar-refractivity contribution in [2.24, 2.45) is 27.6 Å². The van der Waals surface area contributed by atoms with Gasteiger partial charge >= 0.3 is 0 Å². The summed E-state index contributed by atoms with van der Waals surface area (Å²) in [5, 5.41) is 0. The number of benzene rings is 2. The molecule has 0 heterocycles. The number of rotatable bonds is 7. The minimum Gasteiger partial charge on any atom is -0.241 e. The summed E-state index contributed by atoms with van der Waals surface area (Å²) in [6, 6.07) is 15.1. The van der Waals surface area contributed by atoms with Gasteiger partial charge in [-0.25, -0.2) is 4.58 Å². The SMILES string of the molecule is C=C=C.C=[N+](CC(C)(C)/C=C(\C)C12CC1(C)C2)CC12CC1C2.CC.CC.CCc1ccc(C)c(C)c1.Cc1cccc(C)c1. The first-order valence-corrected chi connectivity index (χ1v) is 17.3. The molecule has 0 aromatic heterocycles. The number of hydrogen-bond donors (Lipinski definition) is 0. The van der Waals surface area contributed by atoms with Crippen molar-refractivity contribution < 1.29 is 4.58 Å². The molecule has 0 unspecified atom stereocenters. The van der Waals surface area contributed by atoms with Gasteiger partial charge in [0.05, 0.1) is 0 Å². The molecule has 0 bridgehead atoms. The quantitative estimate of drug-likeness (QED) is 0.129. The first kappa shape index (κ1) is 39.4. The molecule has 4 aliphatic rings. The fourth-order valence-electron chi connectivity index (χ4n) is 6.69. The van der Waals surface area contributed by atoms with E-state index in [-0.39, 0.29) is 5.41 Å². The molecule has 0 aliphatic heterocycles. The summed E-state index contributed by atoms with van der Waals surface area (Å²) in [4.78, 5) is 0. The van der Waals surface area contributed by atoms with Crippen LogP contribution in [0.1, 0.15) is 116 Å². The minimum absolute atomic E-state index is 0.266. The normalized spacial score (nSPS) is 25.7. The van der Waals surface area contributed by atoms with E-state index in [1.54, 1.807) is 5.57 Å². The van der Waals surface area contributed by atoms with Gasteiger partial charge in [0.2, 0.25) is 0 Å². The van der Waals surface area contributed by atoms with Gasteiger partial charge < -0.3 is 0 Å². The molecule has 1 nitrogen and oxygen atoms in total. The van der Waals surface area contributed by atoms with Crippen LogP contribution in [-0.4, -0.2) is 24.4 Å². The van der Waals surface area contributed by atoms with Gasteiger partial charge in [-0.1, -0.05) is 134 Å². The van der Waals surface area contributed by atoms with Crippen molar-refractivity contribution in [2.45, 2.75) is 122 Å². The van der Waals surface area contributed by atoms with Gasteiger partial charge in [0.1, 0.15) is 13.3 Å². The maximum Gasteiger partial charge on any atom is 0.150 e. The van der Waals surface area contributed by atoms with E-state index in [4.69, 9.17) is 0 Å². The van der Waals surface area contributed by atoms with Gasteiger partial charge in [0.25, 0.3) is 0 Å². The first-order chi connectivity index (χ1) is 20.6. The third kappa shape index (κ3) is 11.1. The molecule has 0 radical (unpaired) electrons. The number of allylic oxidation sites excluding steroid dienone is 1. The molecule has 4 saturated carbocycles. The number of aryl methyl sites for hydroxylation is 5. The molecule has 4 fully saturated rings. The lowest BCUT2D eigenvalue weighted by Crippen LogP contribution is -2.28. The molecule has 0 N–H and O–H groups in total. The van der Waals surface area contributed by atoms with Gasteiger partial charge in [-0.05, 0) is 100 Å². The van der Waals surface area contributed by atoms with Crippen LogP contribution in [0.25, 0.3) is 0 Å². The van der Waals surface area contributed by atoms with Crippen LogP contribution in [0.2, 0.25) is 0 Å². The molecule has 4 aliphatic carbocycles. The highest BCUT2D eigenvalue weighted by atomic mass is 15.0. The van der Waals surface area contributed by atoms with Crippen molar-refractivity contribution in [1.29, 1.82) is 0 Å². The van der Waals surface area contributed by atoms with Gasteiger partial charge in [-0.3, -0.25) is 0 Å². The predicted molar refractivity (Wildman–Crippen MR) is 198 cm³/mol. The summed E-state index contributed by atoms with van der Waals surface area (Å²) in [6.45, 7) is 41.1. The number of hydrogen-bond acceptors (Lipinski definition) is 0. The summed E-state index contributed by atoms with van der Waals surface area (Å²) in [5.74, 6) is 1.08. The molecular formula is C43H68N+. The maximum absolute atomic E-state index is 4.29. The van der Waals surface area contributed by atoms with Crippen LogP contribution in [0.5, 0.6) is 0 Å². The Morgan fingerprint density at radius 1 is 0.932 bits per heavy atom. The summed E-state index contributed by atoms with van der Waals surface area (Å²) in [5.41, 5.74) is 13.1. The van der Waals surface area contributed by atoms with Gasteiger partial charge in [0.15, 0.2) is 6.54 Å². The Morgan fingerprint density at radius 2 is 1.41 bits per heavy atom. The van der Waals surface area contributed by atoms with E-state index < -0.39 is 0 Å². The molecule has 0 spiro atoms. The number of nitrogens with zero attached hydrogens (tertiary/aromatic N) is 1. The Morgan fingerprint density at radius 3 is 1.75 bits per heavy atom. The van der Waals surface area contributed by atoms with Crippen LogP contribution in [0.3, 0.4) is 0 Å². The van der Waals surface area contributed by atoms with E-state index in [2.05, 4.69) is 141 Å². The van der Waals surface area contributed by atoms with Crippen molar-refractivity contribution in [1.82, 2.24) is 0 Å². The minimum atomic E-state index is 0.266. The van der Waals surface area contributed by atoms with Crippen LogP contribution >= 0.6 is 0 Å². The summed E-state index contributed by atoms with van der Waals surface area (Å²) < 4.78 is 2.34. The lowest BCUT2D eigenvalue weighted by molar-refractivity contribution is -0.537. The fraction of sp³-hybridized carbons (Fsp3) is 0.581. The van der Waals surface area contributed by atoms with Crippen molar-refractivity contribution >= 4 is 6.72 Å². The van der Waals surface area contributed by atoms with Crippen molar-refractivity contribution in [3.05, 3.63) is 101 Å². The molecule has 0 saturated heterocycles. The highest BCUT2D eigenvalue weighted by Crippen LogP contribution is 2.88. The Labute approximate surface area is 274 Å². The van der Waals surface area contributed by atoms with Gasteiger partial charge in [0, 0.05) is 10.8 Å². The molecule has 2 aromatic rings. The molecule has 6 rings (SSSR count). The van der Waals surface area contributed by atoms with Crippen molar-refractivity contribution in [3.63, 3.8) is 0 Å². The highest BCUT2D eigenvalue weighted by Gasteiger charge is 2.80.